The molecule has 0 atom stereocenters. The van der Waals surface area contributed by atoms with Crippen molar-refractivity contribution in [3.8, 4) is 0 Å². The Morgan fingerprint density at radius 1 is 1.41 bits per heavy atom. The van der Waals surface area contributed by atoms with Crippen molar-refractivity contribution < 1.29 is 13.2 Å². The van der Waals surface area contributed by atoms with Gasteiger partial charge in [0, 0.05) is 12.1 Å². The molecular weight excluding hydrogens is 240 g/mol. The molecule has 1 amide bonds. The zero-order chi connectivity index (χ0) is 13.1. The van der Waals surface area contributed by atoms with Crippen LogP contribution in [-0.2, 0) is 10.0 Å². The summed E-state index contributed by atoms with van der Waals surface area (Å²) in [7, 11) is -3.34. The van der Waals surface area contributed by atoms with E-state index in [2.05, 4.69) is 0 Å². The summed E-state index contributed by atoms with van der Waals surface area (Å²) < 4.78 is 24.5. The molecule has 17 heavy (non-hydrogen) atoms. The highest BCUT2D eigenvalue weighted by Crippen LogP contribution is 2.19. The Morgan fingerprint density at radius 3 is 2.53 bits per heavy atom. The van der Waals surface area contributed by atoms with Crippen LogP contribution in [0.5, 0.6) is 0 Å². The summed E-state index contributed by atoms with van der Waals surface area (Å²) >= 11 is 0. The monoisotopic (exact) mass is 256 g/mol. The van der Waals surface area contributed by atoms with E-state index in [0.29, 0.717) is 24.2 Å². The summed E-state index contributed by atoms with van der Waals surface area (Å²) in [5, 5.41) is 0. The standard InChI is InChI=1S/C11H16N2O3S/c1-3-7-13(17(2,15)16)10-6-4-5-9(8-10)11(12)14/h4-6,8H,3,7H2,1-2H3,(H2,12,14). The molecule has 0 spiro atoms. The van der Waals surface area contributed by atoms with Crippen LogP contribution in [0.1, 0.15) is 23.7 Å². The number of nitrogens with zero attached hydrogens (tertiary/aromatic N) is 1. The van der Waals surface area contributed by atoms with E-state index in [0.717, 1.165) is 6.26 Å². The molecule has 0 fully saturated rings. The molecule has 0 aromatic heterocycles. The van der Waals surface area contributed by atoms with Crippen molar-refractivity contribution in [2.24, 2.45) is 5.73 Å². The summed E-state index contributed by atoms with van der Waals surface area (Å²) in [5.41, 5.74) is 5.92. The fourth-order valence-corrected chi connectivity index (χ4v) is 2.51. The van der Waals surface area contributed by atoms with Crippen LogP contribution < -0.4 is 10.0 Å². The van der Waals surface area contributed by atoms with Gasteiger partial charge in [-0.3, -0.25) is 9.10 Å². The third kappa shape index (κ3) is 3.45. The third-order valence-corrected chi connectivity index (χ3v) is 3.44. The predicted octanol–water partition coefficient (Wildman–Crippen LogP) is 0.962. The molecule has 94 valence electrons. The second kappa shape index (κ2) is 5.18. The quantitative estimate of drug-likeness (QED) is 0.852. The molecule has 1 aromatic rings. The van der Waals surface area contributed by atoms with Crippen molar-refractivity contribution in [3.63, 3.8) is 0 Å². The Labute approximate surface area is 101 Å². The second-order valence-corrected chi connectivity index (χ2v) is 5.66. The number of hydrogen-bond donors (Lipinski definition) is 1. The van der Waals surface area contributed by atoms with Crippen LogP contribution in [0.25, 0.3) is 0 Å². The van der Waals surface area contributed by atoms with Gasteiger partial charge in [-0.2, -0.15) is 0 Å². The molecule has 2 N–H and O–H groups in total. The molecule has 0 aliphatic rings. The maximum Gasteiger partial charge on any atom is 0.248 e. The minimum absolute atomic E-state index is 0.298. The molecule has 5 nitrogen and oxygen atoms in total. The van der Waals surface area contributed by atoms with Gasteiger partial charge in [0.05, 0.1) is 11.9 Å². The van der Waals surface area contributed by atoms with Gasteiger partial charge in [0.25, 0.3) is 0 Å². The van der Waals surface area contributed by atoms with E-state index in [1.807, 2.05) is 6.92 Å². The first kappa shape index (κ1) is 13.5. The maximum atomic E-state index is 11.6. The number of anilines is 1. The van der Waals surface area contributed by atoms with Crippen molar-refractivity contribution in [1.29, 1.82) is 0 Å². The number of rotatable bonds is 5. The average Bonchev–Trinajstić information content (AvgIpc) is 2.24. The molecule has 1 aromatic carbocycles. The average molecular weight is 256 g/mol. The molecule has 0 saturated carbocycles. The van der Waals surface area contributed by atoms with Crippen molar-refractivity contribution in [2.75, 3.05) is 17.1 Å². The van der Waals surface area contributed by atoms with E-state index >= 15 is 0 Å². The van der Waals surface area contributed by atoms with Crippen LogP contribution in [0.4, 0.5) is 5.69 Å². The van der Waals surface area contributed by atoms with Crippen LogP contribution in [-0.4, -0.2) is 27.1 Å². The highest BCUT2D eigenvalue weighted by Gasteiger charge is 2.16. The number of nitrogens with two attached hydrogens (primary N) is 1. The first-order chi connectivity index (χ1) is 7.86. The second-order valence-electron chi connectivity index (χ2n) is 3.75. The molecule has 0 heterocycles. The summed E-state index contributed by atoms with van der Waals surface area (Å²) in [5.74, 6) is -0.572. The first-order valence-electron chi connectivity index (χ1n) is 5.24. The zero-order valence-electron chi connectivity index (χ0n) is 9.88. The van der Waals surface area contributed by atoms with Crippen LogP contribution >= 0.6 is 0 Å². The van der Waals surface area contributed by atoms with Gasteiger partial charge >= 0.3 is 0 Å². The number of carbonyl (C=O) groups is 1. The minimum atomic E-state index is -3.34. The van der Waals surface area contributed by atoms with Gasteiger partial charge in [0.1, 0.15) is 0 Å². The lowest BCUT2D eigenvalue weighted by atomic mass is 10.2. The van der Waals surface area contributed by atoms with Gasteiger partial charge < -0.3 is 5.73 Å². The molecule has 6 heteroatoms. The molecule has 0 bridgehead atoms. The molecule has 1 rings (SSSR count). The lowest BCUT2D eigenvalue weighted by Gasteiger charge is -2.21. The number of amides is 1. The minimum Gasteiger partial charge on any atom is -0.366 e. The number of carbonyl (C=O) groups excluding carboxylic acids is 1. The smallest absolute Gasteiger partial charge is 0.248 e. The fraction of sp³-hybridized carbons (Fsp3) is 0.364. The zero-order valence-corrected chi connectivity index (χ0v) is 10.7. The Kier molecular flexibility index (Phi) is 4.11. The maximum absolute atomic E-state index is 11.6. The number of benzene rings is 1. The van der Waals surface area contributed by atoms with Gasteiger partial charge in [-0.1, -0.05) is 13.0 Å². The Morgan fingerprint density at radius 2 is 2.06 bits per heavy atom. The van der Waals surface area contributed by atoms with Crippen molar-refractivity contribution in [3.05, 3.63) is 29.8 Å². The van der Waals surface area contributed by atoms with Gasteiger partial charge in [-0.15, -0.1) is 0 Å². The highest BCUT2D eigenvalue weighted by molar-refractivity contribution is 7.92. The lowest BCUT2D eigenvalue weighted by molar-refractivity contribution is 0.100. The van der Waals surface area contributed by atoms with E-state index < -0.39 is 15.9 Å². The molecule has 0 aliphatic carbocycles. The highest BCUT2D eigenvalue weighted by atomic mass is 32.2. The van der Waals surface area contributed by atoms with Gasteiger partial charge in [-0.25, -0.2) is 8.42 Å². The number of hydrogen-bond acceptors (Lipinski definition) is 3. The SMILES string of the molecule is CCCN(c1cccc(C(N)=O)c1)S(C)(=O)=O. The van der Waals surface area contributed by atoms with Crippen LogP contribution in [0.2, 0.25) is 0 Å². The Hall–Kier alpha value is -1.56. The molecule has 0 saturated heterocycles. The normalized spacial score (nSPS) is 11.2. The van der Waals surface area contributed by atoms with Gasteiger partial charge in [0.15, 0.2) is 0 Å². The fourth-order valence-electron chi connectivity index (χ4n) is 1.50. The number of primary amides is 1. The van der Waals surface area contributed by atoms with E-state index in [4.69, 9.17) is 5.73 Å². The molecular formula is C11H16N2O3S. The summed E-state index contributed by atoms with van der Waals surface area (Å²) in [6.45, 7) is 2.26. The third-order valence-electron chi connectivity index (χ3n) is 2.25. The van der Waals surface area contributed by atoms with Crippen LogP contribution in [0.15, 0.2) is 24.3 Å². The van der Waals surface area contributed by atoms with E-state index in [1.165, 1.54) is 10.4 Å². The Bertz CT molecular complexity index is 511. The van der Waals surface area contributed by atoms with Crippen molar-refractivity contribution in [2.45, 2.75) is 13.3 Å². The van der Waals surface area contributed by atoms with Crippen molar-refractivity contribution >= 4 is 21.6 Å². The van der Waals surface area contributed by atoms with Crippen LogP contribution in [0, 0.1) is 0 Å². The summed E-state index contributed by atoms with van der Waals surface area (Å²) in [6, 6.07) is 6.30. The molecule has 0 aliphatic heterocycles. The molecule has 0 unspecified atom stereocenters. The first-order valence-corrected chi connectivity index (χ1v) is 7.08. The number of sulfonamides is 1. The predicted molar refractivity (Wildman–Crippen MR) is 67.4 cm³/mol. The van der Waals surface area contributed by atoms with E-state index in [1.54, 1.807) is 18.2 Å². The van der Waals surface area contributed by atoms with Crippen LogP contribution in [0.3, 0.4) is 0 Å². The largest absolute Gasteiger partial charge is 0.366 e. The topological polar surface area (TPSA) is 80.5 Å². The van der Waals surface area contributed by atoms with Gasteiger partial charge in [-0.05, 0) is 24.6 Å². The summed E-state index contributed by atoms with van der Waals surface area (Å²) in [4.78, 5) is 11.0. The van der Waals surface area contributed by atoms with E-state index in [-0.39, 0.29) is 0 Å². The Balaban J connectivity index is 3.19. The van der Waals surface area contributed by atoms with Crippen molar-refractivity contribution in [1.82, 2.24) is 0 Å². The van der Waals surface area contributed by atoms with E-state index in [9.17, 15) is 13.2 Å². The lowest BCUT2D eigenvalue weighted by Crippen LogP contribution is -2.30. The van der Waals surface area contributed by atoms with Gasteiger partial charge in [0.2, 0.25) is 15.9 Å². The molecule has 0 radical (unpaired) electrons. The summed E-state index contributed by atoms with van der Waals surface area (Å²) in [6.07, 6.45) is 1.83.